The van der Waals surface area contributed by atoms with E-state index in [1.807, 2.05) is 32.0 Å². The van der Waals surface area contributed by atoms with Crippen LogP contribution >= 0.6 is 11.3 Å². The van der Waals surface area contributed by atoms with E-state index in [4.69, 9.17) is 0 Å². The normalized spacial score (nSPS) is 12.0. The Hall–Kier alpha value is -2.38. The van der Waals surface area contributed by atoms with Crippen LogP contribution in [-0.2, 0) is 16.6 Å². The summed E-state index contributed by atoms with van der Waals surface area (Å²) in [5.74, 6) is 0.175. The van der Waals surface area contributed by atoms with E-state index in [0.717, 1.165) is 21.7 Å². The summed E-state index contributed by atoms with van der Waals surface area (Å²) in [4.78, 5) is 12.5. The van der Waals surface area contributed by atoms with Crippen LogP contribution in [0.1, 0.15) is 27.0 Å². The molecule has 2 aromatic carbocycles. The molecule has 1 heterocycles. The molecule has 5 nitrogen and oxygen atoms in total. The number of hydrogen-bond donors (Lipinski definition) is 1. The van der Waals surface area contributed by atoms with Gasteiger partial charge in [0.2, 0.25) is 5.13 Å². The van der Waals surface area contributed by atoms with E-state index in [2.05, 4.69) is 21.6 Å². The van der Waals surface area contributed by atoms with E-state index < -0.39 is 10.8 Å². The van der Waals surface area contributed by atoms with Crippen molar-refractivity contribution in [3.05, 3.63) is 64.7 Å². The van der Waals surface area contributed by atoms with Gasteiger partial charge in [0, 0.05) is 33.9 Å². The molecule has 1 amide bonds. The van der Waals surface area contributed by atoms with Crippen molar-refractivity contribution in [2.75, 3.05) is 11.6 Å². The summed E-state index contributed by atoms with van der Waals surface area (Å²) in [5.41, 5.74) is 4.71. The van der Waals surface area contributed by atoms with Crippen LogP contribution in [0.4, 0.5) is 5.13 Å². The lowest BCUT2D eigenvalue weighted by Gasteiger charge is -2.04. The predicted octanol–water partition coefficient (Wildman–Crippen LogP) is 3.95. The van der Waals surface area contributed by atoms with Gasteiger partial charge in [-0.15, -0.1) is 10.2 Å². The van der Waals surface area contributed by atoms with E-state index in [9.17, 15) is 9.00 Å². The topological polar surface area (TPSA) is 72.0 Å². The first kappa shape index (κ1) is 18.4. The van der Waals surface area contributed by atoms with Crippen molar-refractivity contribution >= 4 is 33.2 Å². The summed E-state index contributed by atoms with van der Waals surface area (Å²) in [6, 6.07) is 13.3. The molecule has 1 N–H and O–H groups in total. The Bertz CT molecular complexity index is 982. The maximum Gasteiger partial charge on any atom is 0.257 e. The summed E-state index contributed by atoms with van der Waals surface area (Å²) in [6.07, 6.45) is 1.64. The van der Waals surface area contributed by atoms with Crippen LogP contribution in [0.5, 0.6) is 0 Å². The van der Waals surface area contributed by atoms with Gasteiger partial charge in [0.25, 0.3) is 5.91 Å². The summed E-state index contributed by atoms with van der Waals surface area (Å²) < 4.78 is 11.4. The van der Waals surface area contributed by atoms with Crippen LogP contribution < -0.4 is 5.32 Å². The summed E-state index contributed by atoms with van der Waals surface area (Å²) in [6.45, 7) is 4.08. The lowest BCUT2D eigenvalue weighted by Crippen LogP contribution is -2.12. The van der Waals surface area contributed by atoms with Crippen molar-refractivity contribution < 1.29 is 9.00 Å². The van der Waals surface area contributed by atoms with Gasteiger partial charge < -0.3 is 0 Å². The highest BCUT2D eigenvalue weighted by molar-refractivity contribution is 7.83. The Morgan fingerprint density at radius 3 is 2.69 bits per heavy atom. The molecule has 1 atom stereocenters. The third kappa shape index (κ3) is 4.42. The zero-order valence-electron chi connectivity index (χ0n) is 14.8. The number of hydrogen-bond acceptors (Lipinski definition) is 5. The van der Waals surface area contributed by atoms with Crippen molar-refractivity contribution in [2.45, 2.75) is 19.6 Å². The molecule has 0 aliphatic carbocycles. The highest BCUT2D eigenvalue weighted by Gasteiger charge is 2.13. The highest BCUT2D eigenvalue weighted by atomic mass is 32.2. The molecule has 0 spiro atoms. The van der Waals surface area contributed by atoms with Crippen LogP contribution in [0, 0.1) is 13.8 Å². The SMILES string of the molecule is Cc1ccc(-c2nnc(NC(=O)c3cccc(C[S@@](C)=O)c3)s2)c(C)c1. The fourth-order valence-electron chi connectivity index (χ4n) is 2.64. The van der Waals surface area contributed by atoms with Crippen molar-refractivity contribution in [3.8, 4) is 10.6 Å². The predicted molar refractivity (Wildman–Crippen MR) is 107 cm³/mol. The first-order valence-corrected chi connectivity index (χ1v) is 10.6. The summed E-state index contributed by atoms with van der Waals surface area (Å²) >= 11 is 1.34. The van der Waals surface area contributed by atoms with Crippen LogP contribution in [0.2, 0.25) is 0 Å². The zero-order chi connectivity index (χ0) is 18.7. The summed E-state index contributed by atoms with van der Waals surface area (Å²) in [5, 5.41) is 12.3. The van der Waals surface area contributed by atoms with Gasteiger partial charge in [-0.2, -0.15) is 0 Å². The minimum atomic E-state index is -0.950. The Balaban J connectivity index is 1.76. The van der Waals surface area contributed by atoms with Crippen molar-refractivity contribution in [2.24, 2.45) is 0 Å². The van der Waals surface area contributed by atoms with Crippen molar-refractivity contribution in [3.63, 3.8) is 0 Å². The fraction of sp³-hybridized carbons (Fsp3) is 0.211. The molecular formula is C19H19N3O2S2. The Labute approximate surface area is 159 Å². The molecule has 26 heavy (non-hydrogen) atoms. The second-order valence-electron chi connectivity index (χ2n) is 6.10. The van der Waals surface area contributed by atoms with E-state index in [1.54, 1.807) is 24.5 Å². The van der Waals surface area contributed by atoms with Gasteiger partial charge in [-0.05, 0) is 37.1 Å². The second kappa shape index (κ2) is 7.88. The van der Waals surface area contributed by atoms with Crippen LogP contribution in [0.3, 0.4) is 0 Å². The Morgan fingerprint density at radius 1 is 1.15 bits per heavy atom. The van der Waals surface area contributed by atoms with Gasteiger partial charge in [0.1, 0.15) is 5.01 Å². The van der Waals surface area contributed by atoms with E-state index >= 15 is 0 Å². The second-order valence-corrected chi connectivity index (χ2v) is 8.52. The molecule has 134 valence electrons. The number of rotatable bonds is 5. The number of aromatic nitrogens is 2. The van der Waals surface area contributed by atoms with Crippen molar-refractivity contribution in [1.82, 2.24) is 10.2 Å². The number of aryl methyl sites for hydroxylation is 2. The van der Waals surface area contributed by atoms with Crippen LogP contribution in [0.15, 0.2) is 42.5 Å². The minimum Gasteiger partial charge on any atom is -0.296 e. The van der Waals surface area contributed by atoms with Gasteiger partial charge >= 0.3 is 0 Å². The molecule has 0 radical (unpaired) electrons. The van der Waals surface area contributed by atoms with E-state index in [0.29, 0.717) is 16.4 Å². The molecule has 0 bridgehead atoms. The van der Waals surface area contributed by atoms with Gasteiger partial charge in [0.05, 0.1) is 0 Å². The highest BCUT2D eigenvalue weighted by Crippen LogP contribution is 2.29. The third-order valence-electron chi connectivity index (χ3n) is 3.82. The van der Waals surface area contributed by atoms with Gasteiger partial charge in [-0.25, -0.2) is 0 Å². The summed E-state index contributed by atoms with van der Waals surface area (Å²) in [7, 11) is -0.950. The lowest BCUT2D eigenvalue weighted by atomic mass is 10.1. The Kier molecular flexibility index (Phi) is 5.58. The van der Waals surface area contributed by atoms with Gasteiger partial charge in [-0.3, -0.25) is 14.3 Å². The number of benzene rings is 2. The molecule has 0 saturated carbocycles. The maximum atomic E-state index is 12.5. The molecule has 0 aliphatic rings. The Morgan fingerprint density at radius 2 is 1.96 bits per heavy atom. The number of anilines is 1. The number of nitrogens with zero attached hydrogens (tertiary/aromatic N) is 2. The average molecular weight is 386 g/mol. The van der Waals surface area contributed by atoms with Crippen LogP contribution in [0.25, 0.3) is 10.6 Å². The number of nitrogens with one attached hydrogen (secondary N) is 1. The minimum absolute atomic E-state index is 0.253. The van der Waals surface area contributed by atoms with E-state index in [1.165, 1.54) is 16.9 Å². The first-order chi connectivity index (χ1) is 12.4. The largest absolute Gasteiger partial charge is 0.296 e. The van der Waals surface area contributed by atoms with Gasteiger partial charge in [0.15, 0.2) is 0 Å². The lowest BCUT2D eigenvalue weighted by molar-refractivity contribution is 0.102. The number of amides is 1. The quantitative estimate of drug-likeness (QED) is 0.722. The smallest absolute Gasteiger partial charge is 0.257 e. The molecule has 1 aromatic heterocycles. The standard InChI is InChI=1S/C19H19N3O2S2/c1-12-7-8-16(13(2)9-12)18-21-22-19(25-18)20-17(23)15-6-4-5-14(10-15)11-26(3)24/h4-10H,11H2,1-3H3,(H,20,22,23)/t26-/m1/s1. The molecule has 3 rings (SSSR count). The molecule has 0 saturated heterocycles. The fourth-order valence-corrected chi connectivity index (χ4v) is 4.12. The first-order valence-electron chi connectivity index (χ1n) is 8.04. The molecule has 3 aromatic rings. The zero-order valence-corrected chi connectivity index (χ0v) is 16.4. The molecule has 0 aliphatic heterocycles. The molecule has 7 heteroatoms. The molecule has 0 unspecified atom stereocenters. The monoisotopic (exact) mass is 385 g/mol. The third-order valence-corrected chi connectivity index (χ3v) is 5.43. The van der Waals surface area contributed by atoms with Gasteiger partial charge in [-0.1, -0.05) is 47.2 Å². The van der Waals surface area contributed by atoms with E-state index in [-0.39, 0.29) is 5.91 Å². The average Bonchev–Trinajstić information content (AvgIpc) is 3.02. The van der Waals surface area contributed by atoms with Crippen LogP contribution in [-0.4, -0.2) is 26.6 Å². The molecule has 0 fully saturated rings. The molecular weight excluding hydrogens is 366 g/mol. The van der Waals surface area contributed by atoms with Crippen molar-refractivity contribution in [1.29, 1.82) is 0 Å². The maximum absolute atomic E-state index is 12.5. The number of carbonyl (C=O) groups is 1. The number of carbonyl (C=O) groups excluding carboxylic acids is 1.